The molecular weight excluding hydrogens is 326 g/mol. The number of aliphatic hydroxyl groups is 1. The molecule has 26 heavy (non-hydrogen) atoms. The Balaban J connectivity index is 1.88. The third kappa shape index (κ3) is 7.25. The van der Waals surface area contributed by atoms with Crippen LogP contribution in [-0.2, 0) is 13.1 Å². The van der Waals surface area contributed by atoms with Gasteiger partial charge >= 0.3 is 6.03 Å². The van der Waals surface area contributed by atoms with Crippen molar-refractivity contribution in [3.05, 3.63) is 71.8 Å². The van der Waals surface area contributed by atoms with E-state index in [0.29, 0.717) is 19.6 Å². The first-order chi connectivity index (χ1) is 12.7. The highest BCUT2D eigenvalue weighted by atomic mass is 16.3. The molecule has 2 aromatic carbocycles. The van der Waals surface area contributed by atoms with Gasteiger partial charge in [-0.15, -0.1) is 0 Å². The first kappa shape index (κ1) is 19.9. The minimum Gasteiger partial charge on any atom is -0.395 e. The van der Waals surface area contributed by atoms with Crippen LogP contribution in [0.2, 0.25) is 0 Å². The van der Waals surface area contributed by atoms with E-state index >= 15 is 0 Å². The van der Waals surface area contributed by atoms with E-state index in [1.54, 1.807) is 0 Å². The second kappa shape index (κ2) is 11.3. The van der Waals surface area contributed by atoms with Crippen LogP contribution in [0.15, 0.2) is 60.7 Å². The molecule has 1 unspecified atom stereocenters. The molecule has 0 aromatic heterocycles. The van der Waals surface area contributed by atoms with Crippen molar-refractivity contribution in [1.29, 1.82) is 0 Å². The van der Waals surface area contributed by atoms with E-state index in [1.165, 1.54) is 0 Å². The molecule has 0 bridgehead atoms. The fourth-order valence-corrected chi connectivity index (χ4v) is 2.74. The number of nitrogens with two attached hydrogens (primary N) is 1. The van der Waals surface area contributed by atoms with Crippen LogP contribution in [0.4, 0.5) is 4.79 Å². The Morgan fingerprint density at radius 1 is 0.962 bits per heavy atom. The van der Waals surface area contributed by atoms with E-state index in [0.717, 1.165) is 30.4 Å². The number of nitrogens with zero attached hydrogens (tertiary/aromatic N) is 1. The van der Waals surface area contributed by atoms with Crippen LogP contribution in [-0.4, -0.2) is 35.2 Å². The summed E-state index contributed by atoms with van der Waals surface area (Å²) in [5, 5.41) is 11.9. The van der Waals surface area contributed by atoms with E-state index in [4.69, 9.17) is 10.8 Å². The highest BCUT2D eigenvalue weighted by Crippen LogP contribution is 2.10. The molecule has 5 nitrogen and oxygen atoms in total. The molecule has 140 valence electrons. The van der Waals surface area contributed by atoms with Crippen molar-refractivity contribution < 1.29 is 9.90 Å². The first-order valence-electron chi connectivity index (χ1n) is 9.16. The van der Waals surface area contributed by atoms with Crippen molar-refractivity contribution >= 4 is 6.03 Å². The third-order valence-electron chi connectivity index (χ3n) is 4.23. The Hall–Kier alpha value is -2.37. The predicted octanol–water partition coefficient (Wildman–Crippen LogP) is 2.89. The molecule has 0 saturated carbocycles. The van der Waals surface area contributed by atoms with Crippen LogP contribution in [0, 0.1) is 0 Å². The summed E-state index contributed by atoms with van der Waals surface area (Å²) in [6.07, 6.45) is 2.51. The lowest BCUT2D eigenvalue weighted by atomic mass is 10.1. The number of aliphatic hydroxyl groups excluding tert-OH is 1. The molecule has 1 atom stereocenters. The molecule has 0 radical (unpaired) electrons. The summed E-state index contributed by atoms with van der Waals surface area (Å²) in [4.78, 5) is 14.5. The van der Waals surface area contributed by atoms with Gasteiger partial charge in [0.05, 0.1) is 6.61 Å². The molecule has 0 aliphatic heterocycles. The Morgan fingerprint density at radius 3 is 2.00 bits per heavy atom. The highest BCUT2D eigenvalue weighted by molar-refractivity contribution is 5.74. The minimum atomic E-state index is -0.168. The van der Waals surface area contributed by atoms with Crippen molar-refractivity contribution in [2.75, 3.05) is 13.2 Å². The fourth-order valence-electron chi connectivity index (χ4n) is 2.74. The molecule has 0 saturated heterocycles. The summed E-state index contributed by atoms with van der Waals surface area (Å²) in [6, 6.07) is 19.8. The summed E-state index contributed by atoms with van der Waals surface area (Å²) in [7, 11) is 0. The molecule has 4 N–H and O–H groups in total. The van der Waals surface area contributed by atoms with Crippen LogP contribution in [0.25, 0.3) is 0 Å². The van der Waals surface area contributed by atoms with Gasteiger partial charge in [0.1, 0.15) is 0 Å². The number of urea groups is 1. The van der Waals surface area contributed by atoms with Gasteiger partial charge in [-0.05, 0) is 24.0 Å². The molecule has 2 aromatic rings. The van der Waals surface area contributed by atoms with Gasteiger partial charge in [0.2, 0.25) is 0 Å². The fraction of sp³-hybridized carbons (Fsp3) is 0.381. The lowest BCUT2D eigenvalue weighted by molar-refractivity contribution is 0.192. The number of unbranched alkanes of at least 4 members (excludes halogenated alkanes) is 1. The molecule has 2 rings (SSSR count). The minimum absolute atomic E-state index is 0.00822. The second-order valence-electron chi connectivity index (χ2n) is 6.50. The van der Waals surface area contributed by atoms with Crippen LogP contribution in [0.3, 0.4) is 0 Å². The zero-order valence-electron chi connectivity index (χ0n) is 15.2. The number of rotatable bonds is 10. The maximum atomic E-state index is 12.7. The predicted molar refractivity (Wildman–Crippen MR) is 104 cm³/mol. The summed E-state index contributed by atoms with van der Waals surface area (Å²) in [5.41, 5.74) is 7.90. The lowest BCUT2D eigenvalue weighted by Gasteiger charge is -2.23. The monoisotopic (exact) mass is 355 g/mol. The zero-order valence-corrected chi connectivity index (χ0v) is 15.2. The number of carbonyl (C=O) groups is 1. The zero-order chi connectivity index (χ0) is 18.6. The van der Waals surface area contributed by atoms with Crippen LogP contribution >= 0.6 is 0 Å². The van der Waals surface area contributed by atoms with Crippen molar-refractivity contribution in [1.82, 2.24) is 10.2 Å². The molecular formula is C21H29N3O2. The van der Waals surface area contributed by atoms with Crippen LogP contribution in [0.1, 0.15) is 30.4 Å². The largest absolute Gasteiger partial charge is 0.395 e. The van der Waals surface area contributed by atoms with Crippen molar-refractivity contribution in [3.8, 4) is 0 Å². The van der Waals surface area contributed by atoms with Crippen LogP contribution in [0.5, 0.6) is 0 Å². The van der Waals surface area contributed by atoms with Gasteiger partial charge in [0.15, 0.2) is 0 Å². The van der Waals surface area contributed by atoms with Gasteiger partial charge in [-0.1, -0.05) is 67.1 Å². The molecule has 5 heteroatoms. The number of carbonyl (C=O) groups excluding carboxylic acids is 1. The Labute approximate surface area is 155 Å². The van der Waals surface area contributed by atoms with Crippen molar-refractivity contribution in [3.63, 3.8) is 0 Å². The summed E-state index contributed by atoms with van der Waals surface area (Å²) in [6.45, 7) is 1.75. The van der Waals surface area contributed by atoms with Gasteiger partial charge in [-0.25, -0.2) is 4.79 Å². The average molecular weight is 355 g/mol. The molecule has 0 aliphatic rings. The van der Waals surface area contributed by atoms with E-state index in [-0.39, 0.29) is 18.7 Å². The maximum absolute atomic E-state index is 12.7. The Kier molecular flexibility index (Phi) is 8.66. The molecule has 0 spiro atoms. The smallest absolute Gasteiger partial charge is 0.318 e. The van der Waals surface area contributed by atoms with Gasteiger partial charge in [0.25, 0.3) is 0 Å². The van der Waals surface area contributed by atoms with Gasteiger partial charge in [-0.2, -0.15) is 0 Å². The van der Waals surface area contributed by atoms with Gasteiger partial charge < -0.3 is 21.1 Å². The van der Waals surface area contributed by atoms with Crippen molar-refractivity contribution in [2.45, 2.75) is 38.4 Å². The number of hydrogen-bond donors (Lipinski definition) is 3. The standard InChI is InChI=1S/C21H29N3O2/c22-20(17-25)13-7-8-14-23-21(26)24(15-18-9-3-1-4-10-18)16-19-11-5-2-6-12-19/h1-6,9-12,20,25H,7-8,13-17,22H2,(H,23,26). The van der Waals surface area contributed by atoms with E-state index in [2.05, 4.69) is 5.32 Å². The van der Waals surface area contributed by atoms with Gasteiger partial charge in [0, 0.05) is 25.7 Å². The van der Waals surface area contributed by atoms with E-state index < -0.39 is 0 Å². The topological polar surface area (TPSA) is 78.6 Å². The average Bonchev–Trinajstić information content (AvgIpc) is 2.68. The summed E-state index contributed by atoms with van der Waals surface area (Å²) >= 11 is 0. The number of hydrogen-bond acceptors (Lipinski definition) is 3. The van der Waals surface area contributed by atoms with Crippen LogP contribution < -0.4 is 11.1 Å². The second-order valence-corrected chi connectivity index (χ2v) is 6.50. The quantitative estimate of drug-likeness (QED) is 0.574. The molecule has 0 heterocycles. The number of nitrogens with one attached hydrogen (secondary N) is 1. The van der Waals surface area contributed by atoms with E-state index in [1.807, 2.05) is 65.6 Å². The number of amides is 2. The molecule has 0 fully saturated rings. The normalized spacial score (nSPS) is 11.8. The third-order valence-corrected chi connectivity index (χ3v) is 4.23. The SMILES string of the molecule is NC(CO)CCCCNC(=O)N(Cc1ccccc1)Cc1ccccc1. The summed E-state index contributed by atoms with van der Waals surface area (Å²) in [5.74, 6) is 0. The first-order valence-corrected chi connectivity index (χ1v) is 9.16. The molecule has 0 aliphatic carbocycles. The van der Waals surface area contributed by atoms with Crippen molar-refractivity contribution in [2.24, 2.45) is 5.73 Å². The number of benzene rings is 2. The van der Waals surface area contributed by atoms with E-state index in [9.17, 15) is 4.79 Å². The molecule has 2 amide bonds. The Bertz CT molecular complexity index is 593. The summed E-state index contributed by atoms with van der Waals surface area (Å²) < 4.78 is 0. The highest BCUT2D eigenvalue weighted by Gasteiger charge is 2.14. The maximum Gasteiger partial charge on any atom is 0.318 e. The Morgan fingerprint density at radius 2 is 1.50 bits per heavy atom. The van der Waals surface area contributed by atoms with Gasteiger partial charge in [-0.3, -0.25) is 0 Å². The lowest BCUT2D eigenvalue weighted by Crippen LogP contribution is -2.39.